The van der Waals surface area contributed by atoms with Crippen LogP contribution >= 0.6 is 0 Å². The third-order valence-electron chi connectivity index (χ3n) is 5.96. The van der Waals surface area contributed by atoms with Crippen LogP contribution in [0, 0.1) is 5.82 Å². The summed E-state index contributed by atoms with van der Waals surface area (Å²) >= 11 is 0. The van der Waals surface area contributed by atoms with Crippen molar-refractivity contribution in [1.82, 2.24) is 14.1 Å². The molecule has 1 atom stereocenters. The molecule has 0 bridgehead atoms. The van der Waals surface area contributed by atoms with Gasteiger partial charge < -0.3 is 0 Å². The average molecular weight is 448 g/mol. The van der Waals surface area contributed by atoms with Crippen molar-refractivity contribution in [3.8, 4) is 11.1 Å². The smallest absolute Gasteiger partial charge is 0.243 e. The lowest BCUT2D eigenvalue weighted by Crippen LogP contribution is -2.38. The zero-order valence-electron chi connectivity index (χ0n) is 17.5. The molecule has 1 unspecified atom stereocenters. The normalized spacial score (nSPS) is 16.6. The van der Waals surface area contributed by atoms with Gasteiger partial charge in [-0.15, -0.1) is 0 Å². The zero-order valence-corrected chi connectivity index (χ0v) is 18.3. The molecule has 5 rings (SSSR count). The fourth-order valence-electron chi connectivity index (χ4n) is 4.27. The van der Waals surface area contributed by atoms with Crippen LogP contribution in [-0.2, 0) is 23.6 Å². The molecule has 4 aromatic rings. The maximum absolute atomic E-state index is 13.5. The van der Waals surface area contributed by atoms with Gasteiger partial charge in [0.05, 0.1) is 11.1 Å². The van der Waals surface area contributed by atoms with Gasteiger partial charge in [-0.3, -0.25) is 4.68 Å². The SMILES string of the molecule is Cn1cc(C2CN(S(=O)(=O)c3ccc(-c4ccc(F)cc4)cc3)Cc3ccccc32)cn1. The lowest BCUT2D eigenvalue weighted by molar-refractivity contribution is 0.371. The summed E-state index contributed by atoms with van der Waals surface area (Å²) in [5.74, 6) is -0.386. The lowest BCUT2D eigenvalue weighted by Gasteiger charge is -2.33. The van der Waals surface area contributed by atoms with E-state index in [4.69, 9.17) is 0 Å². The highest BCUT2D eigenvalue weighted by molar-refractivity contribution is 7.89. The first-order valence-electron chi connectivity index (χ1n) is 10.3. The number of fused-ring (bicyclic) bond motifs is 1. The molecule has 3 aromatic carbocycles. The van der Waals surface area contributed by atoms with Crippen LogP contribution in [0.1, 0.15) is 22.6 Å². The maximum Gasteiger partial charge on any atom is 0.243 e. The number of rotatable bonds is 4. The minimum absolute atomic E-state index is 0.0816. The number of benzene rings is 3. The molecule has 0 fully saturated rings. The Kier molecular flexibility index (Phi) is 5.15. The van der Waals surface area contributed by atoms with E-state index in [-0.39, 0.29) is 16.6 Å². The van der Waals surface area contributed by atoms with Gasteiger partial charge in [-0.1, -0.05) is 48.5 Å². The molecule has 0 amide bonds. The fraction of sp³-hybridized carbons (Fsp3) is 0.160. The van der Waals surface area contributed by atoms with Gasteiger partial charge in [-0.25, -0.2) is 12.8 Å². The Hall–Kier alpha value is -3.29. The van der Waals surface area contributed by atoms with Gasteiger partial charge >= 0.3 is 0 Å². The minimum Gasteiger partial charge on any atom is -0.276 e. The van der Waals surface area contributed by atoms with Gasteiger partial charge in [0.15, 0.2) is 0 Å². The second-order valence-corrected chi connectivity index (χ2v) is 9.97. The molecule has 0 spiro atoms. The van der Waals surface area contributed by atoms with Crippen molar-refractivity contribution in [1.29, 1.82) is 0 Å². The molecule has 162 valence electrons. The topological polar surface area (TPSA) is 55.2 Å². The predicted molar refractivity (Wildman–Crippen MR) is 121 cm³/mol. The van der Waals surface area contributed by atoms with E-state index in [1.807, 2.05) is 31.4 Å². The number of halogens is 1. The van der Waals surface area contributed by atoms with Crippen molar-refractivity contribution >= 4 is 10.0 Å². The Bertz CT molecular complexity index is 1360. The minimum atomic E-state index is -3.70. The third-order valence-corrected chi connectivity index (χ3v) is 7.79. The zero-order chi connectivity index (χ0) is 22.3. The standard InChI is InChI=1S/C25H22FN3O2S/c1-28-15-21(14-27-28)25-17-29(16-20-4-2-3-5-24(20)25)32(30,31)23-12-8-19(9-13-23)18-6-10-22(26)11-7-18/h2-15,25H,16-17H2,1H3. The molecule has 32 heavy (non-hydrogen) atoms. The Morgan fingerprint density at radius 2 is 1.59 bits per heavy atom. The molecular formula is C25H22FN3O2S. The Balaban J connectivity index is 1.47. The summed E-state index contributed by atoms with van der Waals surface area (Å²) in [6, 6.07) is 20.9. The number of hydrogen-bond acceptors (Lipinski definition) is 3. The fourth-order valence-corrected chi connectivity index (χ4v) is 5.71. The van der Waals surface area contributed by atoms with Crippen molar-refractivity contribution < 1.29 is 12.8 Å². The monoisotopic (exact) mass is 447 g/mol. The van der Waals surface area contributed by atoms with E-state index in [0.29, 0.717) is 13.1 Å². The second kappa shape index (κ2) is 8.00. The molecule has 5 nitrogen and oxygen atoms in total. The lowest BCUT2D eigenvalue weighted by atomic mass is 9.87. The summed E-state index contributed by atoms with van der Waals surface area (Å²) in [6.07, 6.45) is 3.74. The molecule has 0 aliphatic carbocycles. The number of sulfonamides is 1. The number of nitrogens with zero attached hydrogens (tertiary/aromatic N) is 3. The first-order chi connectivity index (χ1) is 15.4. The van der Waals surface area contributed by atoms with Gasteiger partial charge in [-0.2, -0.15) is 9.40 Å². The van der Waals surface area contributed by atoms with E-state index in [1.165, 1.54) is 12.1 Å². The Morgan fingerprint density at radius 1 is 0.938 bits per heavy atom. The Morgan fingerprint density at radius 3 is 2.25 bits per heavy atom. The van der Waals surface area contributed by atoms with E-state index in [2.05, 4.69) is 11.2 Å². The van der Waals surface area contributed by atoms with Crippen LogP contribution in [-0.4, -0.2) is 29.0 Å². The molecule has 0 radical (unpaired) electrons. The summed E-state index contributed by atoms with van der Waals surface area (Å²) in [5.41, 5.74) is 4.80. The van der Waals surface area contributed by atoms with Crippen molar-refractivity contribution in [3.05, 3.63) is 108 Å². The third kappa shape index (κ3) is 3.74. The summed E-state index contributed by atoms with van der Waals surface area (Å²) in [7, 11) is -1.84. The van der Waals surface area contributed by atoms with Crippen molar-refractivity contribution in [2.75, 3.05) is 6.54 Å². The molecule has 2 heterocycles. The molecule has 1 aliphatic heterocycles. The average Bonchev–Trinajstić information content (AvgIpc) is 3.25. The Labute approximate surface area is 186 Å². The molecule has 0 saturated carbocycles. The summed E-state index contributed by atoms with van der Waals surface area (Å²) in [5, 5.41) is 4.28. The van der Waals surface area contributed by atoms with E-state index in [9.17, 15) is 12.8 Å². The molecular weight excluding hydrogens is 425 g/mol. The van der Waals surface area contributed by atoms with Crippen LogP contribution in [0.3, 0.4) is 0 Å². The van der Waals surface area contributed by atoms with E-state index in [0.717, 1.165) is 27.8 Å². The van der Waals surface area contributed by atoms with Crippen molar-refractivity contribution in [2.24, 2.45) is 7.05 Å². The number of aryl methyl sites for hydroxylation is 1. The molecule has 0 saturated heterocycles. The van der Waals surface area contributed by atoms with Crippen molar-refractivity contribution in [3.63, 3.8) is 0 Å². The molecule has 0 N–H and O–H groups in total. The van der Waals surface area contributed by atoms with Crippen LogP contribution in [0.4, 0.5) is 4.39 Å². The first-order valence-corrected chi connectivity index (χ1v) is 11.8. The highest BCUT2D eigenvalue weighted by atomic mass is 32.2. The van der Waals surface area contributed by atoms with Crippen LogP contribution in [0.25, 0.3) is 11.1 Å². The summed E-state index contributed by atoms with van der Waals surface area (Å²) in [4.78, 5) is 0.243. The van der Waals surface area contributed by atoms with Gasteiger partial charge in [0.25, 0.3) is 0 Å². The highest BCUT2D eigenvalue weighted by Gasteiger charge is 2.34. The number of aromatic nitrogens is 2. The first kappa shape index (κ1) is 20.6. The van der Waals surface area contributed by atoms with Gasteiger partial charge in [0, 0.05) is 32.3 Å². The second-order valence-electron chi connectivity index (χ2n) is 8.03. The van der Waals surface area contributed by atoms with E-state index >= 15 is 0 Å². The van der Waals surface area contributed by atoms with E-state index in [1.54, 1.807) is 51.6 Å². The quantitative estimate of drug-likeness (QED) is 0.461. The highest BCUT2D eigenvalue weighted by Crippen LogP contribution is 2.36. The largest absolute Gasteiger partial charge is 0.276 e. The summed E-state index contributed by atoms with van der Waals surface area (Å²) in [6.45, 7) is 0.680. The maximum atomic E-state index is 13.5. The van der Waals surface area contributed by atoms with Crippen LogP contribution < -0.4 is 0 Å². The number of hydrogen-bond donors (Lipinski definition) is 0. The van der Waals surface area contributed by atoms with Crippen molar-refractivity contribution in [2.45, 2.75) is 17.4 Å². The summed E-state index contributed by atoms with van der Waals surface area (Å²) < 4.78 is 43.5. The van der Waals surface area contributed by atoms with Crippen LogP contribution in [0.2, 0.25) is 0 Å². The van der Waals surface area contributed by atoms with Gasteiger partial charge in [-0.05, 0) is 52.1 Å². The molecule has 7 heteroatoms. The predicted octanol–water partition coefficient (Wildman–Crippen LogP) is 4.56. The molecule has 1 aromatic heterocycles. The molecule has 1 aliphatic rings. The van der Waals surface area contributed by atoms with Crippen LogP contribution in [0.15, 0.2) is 90.1 Å². The van der Waals surface area contributed by atoms with Crippen LogP contribution in [0.5, 0.6) is 0 Å². The van der Waals surface area contributed by atoms with Gasteiger partial charge in [0.2, 0.25) is 10.0 Å². The van der Waals surface area contributed by atoms with E-state index < -0.39 is 10.0 Å². The van der Waals surface area contributed by atoms with Gasteiger partial charge in [0.1, 0.15) is 5.82 Å².